The van der Waals surface area contributed by atoms with Gasteiger partial charge in [-0.15, -0.1) is 0 Å². The van der Waals surface area contributed by atoms with Crippen molar-refractivity contribution in [1.29, 1.82) is 0 Å². The highest BCUT2D eigenvalue weighted by molar-refractivity contribution is 5.92. The Labute approximate surface area is 202 Å². The number of esters is 1. The molecule has 0 bridgehead atoms. The average Bonchev–Trinajstić information content (AvgIpc) is 3.30. The van der Waals surface area contributed by atoms with Gasteiger partial charge in [0.1, 0.15) is 18.7 Å². The van der Waals surface area contributed by atoms with E-state index in [0.717, 1.165) is 12.0 Å². The smallest absolute Gasteiger partial charge is 0.475 e. The number of hydrogen-bond donors (Lipinski definition) is 3. The van der Waals surface area contributed by atoms with E-state index in [1.807, 2.05) is 44.2 Å². The van der Waals surface area contributed by atoms with Crippen LogP contribution in [0.4, 0.5) is 13.2 Å². The molecule has 2 rings (SSSR count). The van der Waals surface area contributed by atoms with Gasteiger partial charge in [-0.25, -0.2) is 9.59 Å². The van der Waals surface area contributed by atoms with Crippen LogP contribution in [0.2, 0.25) is 0 Å². The van der Waals surface area contributed by atoms with Crippen molar-refractivity contribution in [3.63, 3.8) is 0 Å². The second-order valence-corrected chi connectivity index (χ2v) is 8.33. The zero-order chi connectivity index (χ0) is 26.8. The molecule has 0 saturated carbocycles. The number of nitrogens with one attached hydrogen (secondary N) is 2. The fourth-order valence-corrected chi connectivity index (χ4v) is 3.20. The molecule has 0 aromatic heterocycles. The number of ether oxygens (including phenoxy) is 1. The molecular weight excluding hydrogens is 471 g/mol. The van der Waals surface area contributed by atoms with Gasteiger partial charge in [0, 0.05) is 6.54 Å². The van der Waals surface area contributed by atoms with Gasteiger partial charge in [-0.05, 0) is 38.3 Å². The van der Waals surface area contributed by atoms with Crippen molar-refractivity contribution in [2.24, 2.45) is 5.92 Å². The molecule has 3 atom stereocenters. The Bertz CT molecular complexity index is 864. The summed E-state index contributed by atoms with van der Waals surface area (Å²) in [6.07, 6.45) is -3.77. The lowest BCUT2D eigenvalue weighted by Crippen LogP contribution is -2.56. The zero-order valence-corrected chi connectivity index (χ0v) is 20.1. The van der Waals surface area contributed by atoms with Crippen LogP contribution in [-0.2, 0) is 30.5 Å². The van der Waals surface area contributed by atoms with Gasteiger partial charge in [0.2, 0.25) is 11.8 Å². The molecule has 0 unspecified atom stereocenters. The van der Waals surface area contributed by atoms with Crippen LogP contribution in [-0.4, -0.2) is 71.7 Å². The van der Waals surface area contributed by atoms with E-state index < -0.39 is 36.2 Å². The van der Waals surface area contributed by atoms with Crippen molar-refractivity contribution in [3.8, 4) is 0 Å². The van der Waals surface area contributed by atoms with Crippen LogP contribution in [0.15, 0.2) is 30.3 Å². The number of carbonyl (C=O) groups is 4. The number of likely N-dealkylation sites (N-methyl/N-ethyl adjacent to an activating group) is 1. The summed E-state index contributed by atoms with van der Waals surface area (Å²) in [6, 6.07) is 7.77. The monoisotopic (exact) mass is 503 g/mol. The van der Waals surface area contributed by atoms with Crippen LogP contribution in [0, 0.1) is 5.92 Å². The number of carbonyl (C=O) groups excluding carboxylic acids is 3. The fraction of sp³-hybridized carbons (Fsp3) is 0.565. The molecule has 1 fully saturated rings. The third-order valence-electron chi connectivity index (χ3n) is 5.33. The first kappa shape index (κ1) is 29.9. The molecular formula is C23H32F3N3O6. The number of aliphatic carboxylic acids is 1. The lowest BCUT2D eigenvalue weighted by atomic mass is 10.0. The quantitative estimate of drug-likeness (QED) is 0.464. The maximum Gasteiger partial charge on any atom is 0.490 e. The molecule has 9 nitrogen and oxygen atoms in total. The Balaban J connectivity index is 0.000000762. The van der Waals surface area contributed by atoms with E-state index in [0.29, 0.717) is 13.0 Å². The number of likely N-dealkylation sites (tertiary alicyclic amines) is 1. The number of hydrogen-bond acceptors (Lipinski definition) is 6. The van der Waals surface area contributed by atoms with Crippen molar-refractivity contribution < 1.29 is 42.2 Å². The summed E-state index contributed by atoms with van der Waals surface area (Å²) in [6.45, 7) is 6.17. The van der Waals surface area contributed by atoms with Gasteiger partial charge in [0.05, 0.1) is 6.04 Å². The SMILES string of the molecule is CN[C@@H](C)C(=O)N[C@@H](C(=O)N1CCC[C@H]1C(=O)OCc1ccccc1)C(C)C.O=C(O)C(F)(F)F. The van der Waals surface area contributed by atoms with Gasteiger partial charge in [-0.2, -0.15) is 13.2 Å². The first-order valence-corrected chi connectivity index (χ1v) is 11.1. The Morgan fingerprint density at radius 1 is 1.14 bits per heavy atom. The number of benzene rings is 1. The van der Waals surface area contributed by atoms with E-state index in [4.69, 9.17) is 14.6 Å². The largest absolute Gasteiger partial charge is 0.490 e. The van der Waals surface area contributed by atoms with Gasteiger partial charge in [0.25, 0.3) is 0 Å². The molecule has 12 heteroatoms. The summed E-state index contributed by atoms with van der Waals surface area (Å²) >= 11 is 0. The highest BCUT2D eigenvalue weighted by atomic mass is 19.4. The summed E-state index contributed by atoms with van der Waals surface area (Å²) in [5, 5.41) is 12.8. The molecule has 0 spiro atoms. The van der Waals surface area contributed by atoms with Crippen LogP contribution in [0.5, 0.6) is 0 Å². The van der Waals surface area contributed by atoms with Crippen molar-refractivity contribution in [1.82, 2.24) is 15.5 Å². The molecule has 2 amide bonds. The normalized spacial score (nSPS) is 17.1. The first-order chi connectivity index (χ1) is 16.3. The van der Waals surface area contributed by atoms with Crippen LogP contribution < -0.4 is 10.6 Å². The van der Waals surface area contributed by atoms with Crippen molar-refractivity contribution in [2.45, 2.75) is 64.5 Å². The molecule has 1 aliphatic rings. The topological polar surface area (TPSA) is 125 Å². The minimum Gasteiger partial charge on any atom is -0.475 e. The number of carboxylic acid groups (broad SMARTS) is 1. The molecule has 1 heterocycles. The molecule has 35 heavy (non-hydrogen) atoms. The van der Waals surface area contributed by atoms with E-state index in [9.17, 15) is 27.6 Å². The Morgan fingerprint density at radius 3 is 2.20 bits per heavy atom. The van der Waals surface area contributed by atoms with Crippen LogP contribution in [0.3, 0.4) is 0 Å². The predicted octanol–water partition coefficient (Wildman–Crippen LogP) is 2.10. The first-order valence-electron chi connectivity index (χ1n) is 11.1. The van der Waals surface area contributed by atoms with E-state index in [1.165, 1.54) is 0 Å². The van der Waals surface area contributed by atoms with Gasteiger partial charge in [0.15, 0.2) is 0 Å². The molecule has 1 aromatic rings. The minimum atomic E-state index is -5.08. The van der Waals surface area contributed by atoms with Gasteiger partial charge >= 0.3 is 18.1 Å². The number of nitrogens with zero attached hydrogens (tertiary/aromatic N) is 1. The molecule has 0 aliphatic carbocycles. The van der Waals surface area contributed by atoms with Crippen LogP contribution in [0.1, 0.15) is 39.2 Å². The second kappa shape index (κ2) is 13.7. The van der Waals surface area contributed by atoms with Crippen LogP contribution in [0.25, 0.3) is 0 Å². The van der Waals surface area contributed by atoms with E-state index in [2.05, 4.69) is 10.6 Å². The summed E-state index contributed by atoms with van der Waals surface area (Å²) in [7, 11) is 1.69. The lowest BCUT2D eigenvalue weighted by molar-refractivity contribution is -0.192. The third kappa shape index (κ3) is 9.55. The number of halogens is 3. The molecule has 196 valence electrons. The Hall–Kier alpha value is -3.15. The number of alkyl halides is 3. The van der Waals surface area contributed by atoms with E-state index >= 15 is 0 Å². The van der Waals surface area contributed by atoms with Crippen LogP contribution >= 0.6 is 0 Å². The standard InChI is InChI=1S/C21H31N3O4.C2HF3O2/c1-14(2)18(23-19(25)15(3)22-4)20(26)24-12-8-11-17(24)21(27)28-13-16-9-6-5-7-10-16;3-2(4,5)1(6)7/h5-7,9-10,14-15,17-18,22H,8,11-13H2,1-4H3,(H,23,25);(H,6,7)/t15-,17-,18+;/m0./s1. The molecule has 3 N–H and O–H groups in total. The maximum absolute atomic E-state index is 13.1. The van der Waals surface area contributed by atoms with Crippen molar-refractivity contribution in [3.05, 3.63) is 35.9 Å². The van der Waals surface area contributed by atoms with Crippen molar-refractivity contribution in [2.75, 3.05) is 13.6 Å². The lowest BCUT2D eigenvalue weighted by Gasteiger charge is -2.30. The van der Waals surface area contributed by atoms with Gasteiger partial charge in [-0.1, -0.05) is 44.2 Å². The summed E-state index contributed by atoms with van der Waals surface area (Å²) in [5.41, 5.74) is 0.903. The van der Waals surface area contributed by atoms with E-state index in [1.54, 1.807) is 18.9 Å². The Kier molecular flexibility index (Phi) is 11.7. The fourth-order valence-electron chi connectivity index (χ4n) is 3.20. The summed E-state index contributed by atoms with van der Waals surface area (Å²) in [4.78, 5) is 48.4. The Morgan fingerprint density at radius 2 is 1.71 bits per heavy atom. The van der Waals surface area contributed by atoms with Gasteiger partial charge < -0.3 is 25.4 Å². The van der Waals surface area contributed by atoms with Crippen molar-refractivity contribution >= 4 is 23.8 Å². The average molecular weight is 504 g/mol. The predicted molar refractivity (Wildman–Crippen MR) is 120 cm³/mol. The molecule has 0 radical (unpaired) electrons. The third-order valence-corrected chi connectivity index (χ3v) is 5.33. The highest BCUT2D eigenvalue weighted by Crippen LogP contribution is 2.22. The second-order valence-electron chi connectivity index (χ2n) is 8.33. The number of amides is 2. The van der Waals surface area contributed by atoms with E-state index in [-0.39, 0.29) is 24.3 Å². The summed E-state index contributed by atoms with van der Waals surface area (Å²) in [5.74, 6) is -3.72. The number of carboxylic acids is 1. The molecule has 1 aliphatic heterocycles. The summed E-state index contributed by atoms with van der Waals surface area (Å²) < 4.78 is 37.2. The molecule has 1 aromatic carbocycles. The highest BCUT2D eigenvalue weighted by Gasteiger charge is 2.40. The number of rotatable bonds is 8. The zero-order valence-electron chi connectivity index (χ0n) is 20.1. The minimum absolute atomic E-state index is 0.0953. The maximum atomic E-state index is 13.1. The molecule has 1 saturated heterocycles. The van der Waals surface area contributed by atoms with Gasteiger partial charge in [-0.3, -0.25) is 9.59 Å².